The molecule has 7 rings (SSSR count). The van der Waals surface area contributed by atoms with E-state index in [4.69, 9.17) is 4.42 Å². The minimum atomic E-state index is 0.917. The van der Waals surface area contributed by atoms with Crippen molar-refractivity contribution in [3.63, 3.8) is 0 Å². The molecule has 0 radical (unpaired) electrons. The summed E-state index contributed by atoms with van der Waals surface area (Å²) in [6.07, 6.45) is 13.2. The quantitative estimate of drug-likeness (QED) is 0.251. The predicted octanol–water partition coefficient (Wildman–Crippen LogP) is 9.43. The number of hydrogen-bond acceptors (Lipinski definition) is 2. The molecule has 6 aromatic rings. The van der Waals surface area contributed by atoms with Crippen molar-refractivity contribution in [1.82, 2.24) is 0 Å². The van der Waals surface area contributed by atoms with Gasteiger partial charge in [0.15, 0.2) is 0 Å². The van der Waals surface area contributed by atoms with Crippen LogP contribution in [0.4, 0.5) is 11.4 Å². The van der Waals surface area contributed by atoms with Gasteiger partial charge in [0.05, 0.1) is 5.69 Å². The van der Waals surface area contributed by atoms with Gasteiger partial charge in [0.2, 0.25) is 0 Å². The molecule has 37 heavy (non-hydrogen) atoms. The summed E-state index contributed by atoms with van der Waals surface area (Å²) in [4.78, 5) is 2.38. The third kappa shape index (κ3) is 3.19. The SMILES string of the molecule is C=Cc1cc(N(C2=CCCC=C2)c2ccccc2)c2cccc3c4oc5ccccc5c4/c(=C/C)c1c23. The van der Waals surface area contributed by atoms with Gasteiger partial charge >= 0.3 is 0 Å². The number of furan rings is 1. The van der Waals surface area contributed by atoms with E-state index in [-0.39, 0.29) is 0 Å². The van der Waals surface area contributed by atoms with Crippen LogP contribution >= 0.6 is 0 Å². The van der Waals surface area contributed by atoms with E-state index in [1.165, 1.54) is 32.5 Å². The summed E-state index contributed by atoms with van der Waals surface area (Å²) in [6.45, 7) is 6.38. The Hall–Kier alpha value is -4.56. The van der Waals surface area contributed by atoms with Gasteiger partial charge in [-0.15, -0.1) is 0 Å². The zero-order chi connectivity index (χ0) is 24.9. The molecule has 2 nitrogen and oxygen atoms in total. The summed E-state index contributed by atoms with van der Waals surface area (Å²) < 4.78 is 6.54. The van der Waals surface area contributed by atoms with Gasteiger partial charge in [0.1, 0.15) is 11.2 Å². The van der Waals surface area contributed by atoms with Crippen molar-refractivity contribution < 1.29 is 4.42 Å². The molecule has 1 aliphatic rings. The van der Waals surface area contributed by atoms with E-state index in [2.05, 4.69) is 116 Å². The van der Waals surface area contributed by atoms with Crippen LogP contribution in [0, 0.1) is 0 Å². The lowest BCUT2D eigenvalue weighted by molar-refractivity contribution is 0.672. The number of rotatable bonds is 4. The van der Waals surface area contributed by atoms with Crippen molar-refractivity contribution in [2.24, 2.45) is 0 Å². The fraction of sp³-hybridized carbons (Fsp3) is 0.0857. The van der Waals surface area contributed by atoms with E-state index >= 15 is 0 Å². The topological polar surface area (TPSA) is 16.4 Å². The Morgan fingerprint density at radius 2 is 1.59 bits per heavy atom. The van der Waals surface area contributed by atoms with Crippen LogP contribution in [0.2, 0.25) is 0 Å². The Morgan fingerprint density at radius 3 is 2.38 bits per heavy atom. The molecule has 0 aliphatic heterocycles. The highest BCUT2D eigenvalue weighted by molar-refractivity contribution is 6.28. The van der Waals surface area contributed by atoms with Crippen molar-refractivity contribution in [2.75, 3.05) is 4.90 Å². The fourth-order valence-electron chi connectivity index (χ4n) is 5.99. The van der Waals surface area contributed by atoms with Gasteiger partial charge < -0.3 is 9.32 Å². The fourth-order valence-corrected chi connectivity index (χ4v) is 5.99. The van der Waals surface area contributed by atoms with Crippen LogP contribution in [0.5, 0.6) is 0 Å². The van der Waals surface area contributed by atoms with Crippen LogP contribution in [0.3, 0.4) is 0 Å². The highest BCUT2D eigenvalue weighted by Gasteiger charge is 2.23. The molecule has 0 fully saturated rings. The highest BCUT2D eigenvalue weighted by Crippen LogP contribution is 2.44. The number of benzene rings is 5. The molecule has 1 heterocycles. The first kappa shape index (κ1) is 21.7. The first-order valence-corrected chi connectivity index (χ1v) is 12.9. The molecule has 5 aromatic carbocycles. The first-order valence-electron chi connectivity index (χ1n) is 12.9. The molecule has 1 aromatic heterocycles. The van der Waals surface area contributed by atoms with Gasteiger partial charge in [0, 0.05) is 38.3 Å². The van der Waals surface area contributed by atoms with Crippen molar-refractivity contribution in [3.8, 4) is 0 Å². The van der Waals surface area contributed by atoms with Crippen LogP contribution in [0.1, 0.15) is 25.3 Å². The van der Waals surface area contributed by atoms with E-state index in [0.717, 1.165) is 51.7 Å². The second-order valence-corrected chi connectivity index (χ2v) is 9.58. The molecular formula is C35H27NO. The molecule has 2 heteroatoms. The summed E-state index contributed by atoms with van der Waals surface area (Å²) in [7, 11) is 0. The predicted molar refractivity (Wildman–Crippen MR) is 159 cm³/mol. The van der Waals surface area contributed by atoms with Crippen molar-refractivity contribution in [3.05, 3.63) is 120 Å². The second-order valence-electron chi connectivity index (χ2n) is 9.58. The first-order chi connectivity index (χ1) is 18.3. The lowest BCUT2D eigenvalue weighted by Gasteiger charge is -2.30. The van der Waals surface area contributed by atoms with Crippen LogP contribution < -0.4 is 10.1 Å². The van der Waals surface area contributed by atoms with E-state index in [1.54, 1.807) is 0 Å². The lowest BCUT2D eigenvalue weighted by atomic mass is 9.90. The van der Waals surface area contributed by atoms with Gasteiger partial charge in [-0.1, -0.05) is 85.5 Å². The van der Waals surface area contributed by atoms with Crippen LogP contribution in [-0.4, -0.2) is 0 Å². The Balaban J connectivity index is 1.69. The zero-order valence-electron chi connectivity index (χ0n) is 20.9. The normalized spacial score (nSPS) is 14.2. The Bertz CT molecular complexity index is 1950. The van der Waals surface area contributed by atoms with Gasteiger partial charge in [-0.2, -0.15) is 0 Å². The number of anilines is 2. The Kier molecular flexibility index (Phi) is 5.00. The molecule has 178 valence electrons. The lowest BCUT2D eigenvalue weighted by Crippen LogP contribution is -2.17. The smallest absolute Gasteiger partial charge is 0.143 e. The summed E-state index contributed by atoms with van der Waals surface area (Å²) >= 11 is 0. The maximum Gasteiger partial charge on any atom is 0.143 e. The summed E-state index contributed by atoms with van der Waals surface area (Å²) in [5.41, 5.74) is 6.47. The summed E-state index contributed by atoms with van der Waals surface area (Å²) in [6, 6.07) is 27.9. The molecule has 0 unspecified atom stereocenters. The third-order valence-electron chi connectivity index (χ3n) is 7.55. The maximum atomic E-state index is 6.54. The molecule has 1 aliphatic carbocycles. The molecule has 0 N–H and O–H groups in total. The van der Waals surface area contributed by atoms with E-state index < -0.39 is 0 Å². The molecule has 0 atom stereocenters. The molecular weight excluding hydrogens is 450 g/mol. The number of hydrogen-bond donors (Lipinski definition) is 0. The second kappa shape index (κ2) is 8.53. The molecule has 0 bridgehead atoms. The van der Waals surface area contributed by atoms with Gasteiger partial charge in [-0.3, -0.25) is 0 Å². The van der Waals surface area contributed by atoms with Crippen molar-refractivity contribution >= 4 is 67.0 Å². The van der Waals surface area contributed by atoms with E-state index in [1.807, 2.05) is 12.1 Å². The number of fused-ring (bicyclic) bond motifs is 4. The van der Waals surface area contributed by atoms with Crippen LogP contribution in [-0.2, 0) is 0 Å². The number of nitrogens with zero attached hydrogens (tertiary/aromatic N) is 1. The van der Waals surface area contributed by atoms with Crippen molar-refractivity contribution in [1.29, 1.82) is 0 Å². The molecule has 0 amide bonds. The monoisotopic (exact) mass is 477 g/mol. The zero-order valence-corrected chi connectivity index (χ0v) is 20.9. The van der Waals surface area contributed by atoms with E-state index in [9.17, 15) is 0 Å². The molecule has 0 saturated carbocycles. The van der Waals surface area contributed by atoms with Crippen LogP contribution in [0.25, 0.3) is 55.6 Å². The maximum absolute atomic E-state index is 6.54. The Labute approximate surface area is 216 Å². The third-order valence-corrected chi connectivity index (χ3v) is 7.55. The number of allylic oxidation sites excluding steroid dienone is 3. The molecule has 0 saturated heterocycles. The average molecular weight is 478 g/mol. The summed E-state index contributed by atoms with van der Waals surface area (Å²) in [5.74, 6) is 0. The van der Waals surface area contributed by atoms with Crippen molar-refractivity contribution in [2.45, 2.75) is 19.8 Å². The Morgan fingerprint density at radius 1 is 0.811 bits per heavy atom. The molecule has 0 spiro atoms. The van der Waals surface area contributed by atoms with Gasteiger partial charge in [-0.25, -0.2) is 0 Å². The summed E-state index contributed by atoms with van der Waals surface area (Å²) in [5, 5.41) is 8.31. The van der Waals surface area contributed by atoms with Crippen LogP contribution in [0.15, 0.2) is 114 Å². The minimum absolute atomic E-state index is 0.917. The average Bonchev–Trinajstić information content (AvgIpc) is 3.35. The van der Waals surface area contributed by atoms with E-state index in [0.29, 0.717) is 0 Å². The highest BCUT2D eigenvalue weighted by atomic mass is 16.3. The minimum Gasteiger partial charge on any atom is -0.455 e. The number of para-hydroxylation sites is 2. The van der Waals surface area contributed by atoms with Gasteiger partial charge in [-0.05, 0) is 66.3 Å². The standard InChI is InChI=1S/C35H27NO/c1-3-23-22-30(36(24-14-7-5-8-15-24)25-16-9-6-10-17-25)27-19-13-20-29-33(27)32(23)26(4-2)34-28-18-11-12-21-31(28)37-35(29)34/h3-5,7-9,11-22H,1,6,10H2,2H3/b26-4+. The van der Waals surface area contributed by atoms with Gasteiger partial charge in [0.25, 0.3) is 0 Å². The largest absolute Gasteiger partial charge is 0.455 e.